The van der Waals surface area contributed by atoms with Crippen molar-refractivity contribution >= 4 is 43.1 Å². The Bertz CT molecular complexity index is 2620. The van der Waals surface area contributed by atoms with Crippen LogP contribution in [0.15, 0.2) is 127 Å². The standard InChI is InChI=1S/C57H60/c1-4-7-10-13-22-40-31-34-51-50-29-21-27-48-45(35-36-52(56(48)50)49-28-20-26-43(40)55(49)51)44-24-15-14-23-42(44)41-32-33-47-46-25-16-17-30-53(46)57(54(47)39-41,37-18-11-8-5-2)38-19-12-9-6-3/h14-17,20-21,23-36,39H,4-13,18-19,22,37-38H2,1-3H3. The predicted molar refractivity (Wildman–Crippen MR) is 250 cm³/mol. The minimum atomic E-state index is 0.0718. The van der Waals surface area contributed by atoms with Crippen molar-refractivity contribution in [3.63, 3.8) is 0 Å². The highest BCUT2D eigenvalue weighted by Gasteiger charge is 2.42. The van der Waals surface area contributed by atoms with Crippen LogP contribution in [0.3, 0.4) is 0 Å². The number of hydrogen-bond donors (Lipinski definition) is 0. The molecule has 0 fully saturated rings. The van der Waals surface area contributed by atoms with E-state index in [1.54, 1.807) is 11.1 Å². The lowest BCUT2D eigenvalue weighted by Crippen LogP contribution is -2.25. The fourth-order valence-corrected chi connectivity index (χ4v) is 10.9. The highest BCUT2D eigenvalue weighted by Crippen LogP contribution is 2.55. The molecular formula is C57H60. The van der Waals surface area contributed by atoms with E-state index in [1.807, 2.05) is 0 Å². The van der Waals surface area contributed by atoms with Gasteiger partial charge in [-0.2, -0.15) is 0 Å². The molecule has 1 aliphatic carbocycles. The van der Waals surface area contributed by atoms with Gasteiger partial charge in [0.2, 0.25) is 0 Å². The van der Waals surface area contributed by atoms with Crippen molar-refractivity contribution in [1.29, 1.82) is 0 Å². The molecule has 0 nitrogen and oxygen atoms in total. The Morgan fingerprint density at radius 2 is 0.877 bits per heavy atom. The summed E-state index contributed by atoms with van der Waals surface area (Å²) in [6, 6.07) is 49.9. The van der Waals surface area contributed by atoms with Gasteiger partial charge in [0.25, 0.3) is 0 Å². The summed E-state index contributed by atoms with van der Waals surface area (Å²) in [6.45, 7) is 6.96. The Kier molecular flexibility index (Phi) is 10.9. The van der Waals surface area contributed by atoms with E-state index in [0.29, 0.717) is 0 Å². The molecule has 0 aliphatic heterocycles. The molecule has 0 N–H and O–H groups in total. The average Bonchev–Trinajstić information content (AvgIpc) is 3.53. The molecule has 0 heteroatoms. The topological polar surface area (TPSA) is 0 Å². The molecule has 0 saturated heterocycles. The number of unbranched alkanes of at least 4 members (excludes halogenated alkanes) is 9. The third-order valence-electron chi connectivity index (χ3n) is 13.8. The summed E-state index contributed by atoms with van der Waals surface area (Å²) in [7, 11) is 0. The van der Waals surface area contributed by atoms with Crippen LogP contribution in [0.5, 0.6) is 0 Å². The lowest BCUT2D eigenvalue weighted by atomic mass is 9.70. The Morgan fingerprint density at radius 1 is 0.351 bits per heavy atom. The van der Waals surface area contributed by atoms with Gasteiger partial charge in [-0.25, -0.2) is 0 Å². The fraction of sp³-hybridized carbons (Fsp3) is 0.333. The zero-order valence-corrected chi connectivity index (χ0v) is 34.7. The van der Waals surface area contributed by atoms with Gasteiger partial charge in [0, 0.05) is 5.41 Å². The fourth-order valence-electron chi connectivity index (χ4n) is 10.9. The first kappa shape index (κ1) is 37.6. The van der Waals surface area contributed by atoms with Gasteiger partial charge in [0.05, 0.1) is 0 Å². The van der Waals surface area contributed by atoms with Gasteiger partial charge in [0.1, 0.15) is 0 Å². The van der Waals surface area contributed by atoms with Crippen LogP contribution in [0.4, 0.5) is 0 Å². The minimum Gasteiger partial charge on any atom is -0.0654 e. The highest BCUT2D eigenvalue weighted by atomic mass is 14.4. The number of hydrogen-bond acceptors (Lipinski definition) is 0. The maximum absolute atomic E-state index is 2.62. The van der Waals surface area contributed by atoms with Crippen LogP contribution >= 0.6 is 0 Å². The van der Waals surface area contributed by atoms with Crippen molar-refractivity contribution in [3.05, 3.63) is 144 Å². The molecule has 0 unspecified atom stereocenters. The van der Waals surface area contributed by atoms with Gasteiger partial charge in [-0.05, 0) is 125 Å². The molecule has 0 radical (unpaired) electrons. The van der Waals surface area contributed by atoms with Gasteiger partial charge in [-0.1, -0.05) is 213 Å². The van der Waals surface area contributed by atoms with E-state index in [2.05, 4.69) is 148 Å². The van der Waals surface area contributed by atoms with Gasteiger partial charge < -0.3 is 0 Å². The molecule has 57 heavy (non-hydrogen) atoms. The smallest absolute Gasteiger partial charge is 0.0215 e. The predicted octanol–water partition coefficient (Wildman–Crippen LogP) is 17.4. The number of rotatable bonds is 17. The lowest BCUT2D eigenvalue weighted by molar-refractivity contribution is 0.401. The summed E-state index contributed by atoms with van der Waals surface area (Å²) in [5.41, 5.74) is 12.9. The van der Waals surface area contributed by atoms with Crippen LogP contribution in [0.25, 0.3) is 76.5 Å². The molecule has 1 aliphatic rings. The van der Waals surface area contributed by atoms with Crippen molar-refractivity contribution in [2.45, 2.75) is 122 Å². The van der Waals surface area contributed by atoms with E-state index in [9.17, 15) is 0 Å². The molecule has 0 heterocycles. The first-order chi connectivity index (χ1) is 28.2. The van der Waals surface area contributed by atoms with Crippen LogP contribution in [-0.4, -0.2) is 0 Å². The number of fused-ring (bicyclic) bond motifs is 5. The monoisotopic (exact) mass is 744 g/mol. The zero-order valence-electron chi connectivity index (χ0n) is 34.7. The van der Waals surface area contributed by atoms with Crippen molar-refractivity contribution in [1.82, 2.24) is 0 Å². The molecule has 8 aromatic carbocycles. The van der Waals surface area contributed by atoms with E-state index in [1.165, 1.54) is 172 Å². The van der Waals surface area contributed by atoms with Crippen LogP contribution in [0.1, 0.15) is 127 Å². The first-order valence-corrected chi connectivity index (χ1v) is 22.6. The van der Waals surface area contributed by atoms with Crippen LogP contribution in [0, 0.1) is 0 Å². The second-order valence-electron chi connectivity index (χ2n) is 17.3. The molecule has 8 aromatic rings. The normalized spacial score (nSPS) is 13.3. The second kappa shape index (κ2) is 16.5. The molecule has 0 spiro atoms. The summed E-state index contributed by atoms with van der Waals surface area (Å²) >= 11 is 0. The van der Waals surface area contributed by atoms with E-state index in [-0.39, 0.29) is 5.41 Å². The first-order valence-electron chi connectivity index (χ1n) is 22.6. The lowest BCUT2D eigenvalue weighted by Gasteiger charge is -2.33. The molecule has 0 aromatic heterocycles. The molecule has 9 rings (SSSR count). The van der Waals surface area contributed by atoms with Crippen molar-refractivity contribution in [3.8, 4) is 33.4 Å². The Labute approximate surface area is 341 Å². The quantitative estimate of drug-likeness (QED) is 0.0495. The summed E-state index contributed by atoms with van der Waals surface area (Å²) in [5.74, 6) is 0. The Hall–Kier alpha value is -4.94. The van der Waals surface area contributed by atoms with Crippen LogP contribution in [0.2, 0.25) is 0 Å². The third-order valence-corrected chi connectivity index (χ3v) is 13.8. The van der Waals surface area contributed by atoms with Crippen LogP contribution in [-0.2, 0) is 11.8 Å². The van der Waals surface area contributed by atoms with Crippen molar-refractivity contribution in [2.24, 2.45) is 0 Å². The number of benzene rings is 8. The zero-order chi connectivity index (χ0) is 38.8. The summed E-state index contributed by atoms with van der Waals surface area (Å²) < 4.78 is 0. The highest BCUT2D eigenvalue weighted by molar-refractivity contribution is 6.34. The number of aryl methyl sites for hydroxylation is 1. The second-order valence-corrected chi connectivity index (χ2v) is 17.3. The largest absolute Gasteiger partial charge is 0.0654 e. The van der Waals surface area contributed by atoms with Gasteiger partial charge in [-0.3, -0.25) is 0 Å². The molecule has 0 atom stereocenters. The Balaban J connectivity index is 1.18. The summed E-state index contributed by atoms with van der Waals surface area (Å²) in [6.07, 6.45) is 19.2. The molecule has 0 saturated carbocycles. The maximum atomic E-state index is 2.62. The van der Waals surface area contributed by atoms with Gasteiger partial charge >= 0.3 is 0 Å². The molecule has 0 amide bonds. The van der Waals surface area contributed by atoms with E-state index in [4.69, 9.17) is 0 Å². The van der Waals surface area contributed by atoms with Crippen molar-refractivity contribution in [2.75, 3.05) is 0 Å². The minimum absolute atomic E-state index is 0.0718. The molecular weight excluding hydrogens is 685 g/mol. The summed E-state index contributed by atoms with van der Waals surface area (Å²) in [5, 5.41) is 11.1. The van der Waals surface area contributed by atoms with Crippen LogP contribution < -0.4 is 0 Å². The SMILES string of the molecule is CCCCCCc1ccc2c3cccc4c(-c5ccccc5-c5ccc6c(c5)C(CCCCCC)(CCCCCC)c5ccccc5-6)ccc(c5cccc1c25)c43. The van der Waals surface area contributed by atoms with E-state index in [0.717, 1.165) is 6.42 Å². The van der Waals surface area contributed by atoms with Crippen molar-refractivity contribution < 1.29 is 0 Å². The average molecular weight is 745 g/mol. The maximum Gasteiger partial charge on any atom is 0.0215 e. The van der Waals surface area contributed by atoms with E-state index < -0.39 is 0 Å². The van der Waals surface area contributed by atoms with Gasteiger partial charge in [-0.15, -0.1) is 0 Å². The molecule has 0 bridgehead atoms. The van der Waals surface area contributed by atoms with Gasteiger partial charge in [0.15, 0.2) is 0 Å². The third kappa shape index (κ3) is 6.64. The van der Waals surface area contributed by atoms with E-state index >= 15 is 0 Å². The Morgan fingerprint density at radius 3 is 1.58 bits per heavy atom. The summed E-state index contributed by atoms with van der Waals surface area (Å²) in [4.78, 5) is 0. The molecule has 288 valence electrons.